The van der Waals surface area contributed by atoms with E-state index in [1.165, 1.54) is 43.7 Å². The molecule has 43 heavy (non-hydrogen) atoms. The molecule has 8 nitrogen and oxygen atoms in total. The minimum Gasteiger partial charge on any atom is -0.493 e. The number of halogens is 3. The third kappa shape index (κ3) is 8.73. The maximum absolute atomic E-state index is 14.4. The molecule has 2 aromatic rings. The second-order valence-corrected chi connectivity index (χ2v) is 13.3. The fourth-order valence-corrected chi connectivity index (χ4v) is 7.36. The fourth-order valence-electron chi connectivity index (χ4n) is 6.30. The Morgan fingerprint density at radius 1 is 1.14 bits per heavy atom. The van der Waals surface area contributed by atoms with Crippen LogP contribution in [0.25, 0.3) is 6.08 Å². The first-order valence-corrected chi connectivity index (χ1v) is 16.3. The van der Waals surface area contributed by atoms with E-state index >= 15 is 0 Å². The van der Waals surface area contributed by atoms with E-state index in [4.69, 9.17) is 9.47 Å². The molecule has 1 saturated carbocycles. The van der Waals surface area contributed by atoms with E-state index in [0.717, 1.165) is 51.1 Å². The summed E-state index contributed by atoms with van der Waals surface area (Å²) >= 11 is 0. The lowest BCUT2D eigenvalue weighted by atomic mass is 9.98. The second-order valence-electron chi connectivity index (χ2n) is 11.6. The molecule has 0 aromatic heterocycles. The Bertz CT molecular complexity index is 1430. The topological polar surface area (TPSA) is 88.2 Å². The summed E-state index contributed by atoms with van der Waals surface area (Å²) in [5.74, 6) is -1.31. The number of likely N-dealkylation sites (tertiary alicyclic amines) is 1. The van der Waals surface area contributed by atoms with Gasteiger partial charge in [-0.2, -0.15) is 0 Å². The molecule has 1 saturated heterocycles. The summed E-state index contributed by atoms with van der Waals surface area (Å²) in [6.07, 6.45) is 7.89. The van der Waals surface area contributed by atoms with Gasteiger partial charge in [-0.3, -0.25) is 9.69 Å². The molecule has 1 unspecified atom stereocenters. The highest BCUT2D eigenvalue weighted by atomic mass is 32.2. The van der Waals surface area contributed by atoms with Gasteiger partial charge in [0, 0.05) is 48.4 Å². The number of hydrogen-bond donors (Lipinski definition) is 1. The van der Waals surface area contributed by atoms with Crippen molar-refractivity contribution in [2.45, 2.75) is 57.0 Å². The molecule has 1 atom stereocenters. The number of methoxy groups -OCH3 is 1. The average Bonchev–Trinajstić information content (AvgIpc) is 3.58. The highest BCUT2D eigenvalue weighted by Crippen LogP contribution is 2.34. The molecule has 236 valence electrons. The third-order valence-electron chi connectivity index (χ3n) is 8.11. The van der Waals surface area contributed by atoms with Crippen LogP contribution in [0, 0.1) is 11.6 Å². The molecule has 1 aliphatic heterocycles. The lowest BCUT2D eigenvalue weighted by Crippen LogP contribution is -2.55. The molecule has 1 amide bonds. The zero-order chi connectivity index (χ0) is 31.2. The van der Waals surface area contributed by atoms with Gasteiger partial charge in [-0.15, -0.1) is 0 Å². The maximum atomic E-state index is 14.4. The molecule has 1 aliphatic carbocycles. The number of rotatable bonds is 13. The first-order valence-electron chi connectivity index (χ1n) is 14.4. The molecule has 2 aromatic carbocycles. The van der Waals surface area contributed by atoms with E-state index in [1.807, 2.05) is 0 Å². The third-order valence-corrected chi connectivity index (χ3v) is 8.91. The number of sulfonamides is 1. The monoisotopic (exact) mass is 623 g/mol. The minimum atomic E-state index is -3.41. The van der Waals surface area contributed by atoms with Gasteiger partial charge in [0.15, 0.2) is 11.5 Å². The Morgan fingerprint density at radius 3 is 2.53 bits per heavy atom. The summed E-state index contributed by atoms with van der Waals surface area (Å²) in [4.78, 5) is 17.9. The summed E-state index contributed by atoms with van der Waals surface area (Å²) in [5, 5.41) is 0. The molecule has 2 fully saturated rings. The first kappa shape index (κ1) is 32.8. The maximum Gasteiger partial charge on any atom is 0.254 e. The summed E-state index contributed by atoms with van der Waals surface area (Å²) in [6, 6.07) is 7.82. The van der Waals surface area contributed by atoms with Crippen molar-refractivity contribution >= 4 is 22.0 Å². The number of amides is 1. The zero-order valence-electron chi connectivity index (χ0n) is 24.9. The number of carbonyl (C=O) groups is 1. The van der Waals surface area contributed by atoms with Crippen LogP contribution in [0.5, 0.6) is 11.5 Å². The van der Waals surface area contributed by atoms with E-state index < -0.39 is 34.1 Å². The van der Waals surface area contributed by atoms with Crippen LogP contribution in [-0.2, 0) is 10.0 Å². The van der Waals surface area contributed by atoms with Crippen LogP contribution in [0.15, 0.2) is 42.0 Å². The molecule has 1 N–H and O–H groups in total. The Balaban J connectivity index is 1.61. The first-order chi connectivity index (χ1) is 20.4. The van der Waals surface area contributed by atoms with E-state index in [9.17, 15) is 26.4 Å². The van der Waals surface area contributed by atoms with Crippen LogP contribution in [0.2, 0.25) is 0 Å². The van der Waals surface area contributed by atoms with Gasteiger partial charge >= 0.3 is 0 Å². The van der Waals surface area contributed by atoms with E-state index in [1.54, 1.807) is 17.9 Å². The average molecular weight is 624 g/mol. The molecule has 0 bridgehead atoms. The molecule has 12 heteroatoms. The standard InChI is InChI=1S/C31H40F3N3O5S/c1-22(15-23-8-10-25(33)17-27(23)34)18-37(30(38)24-9-11-28(42-21-32)29(16-24)41-2)19-26-7-6-14-36(26)20-31(12-4-5-13-31)35-43(3,39)40/h8-11,15-17,26,35H,4-7,12-14,18-21H2,1-3H3/b22-15+. The van der Waals surface area contributed by atoms with Crippen molar-refractivity contribution in [3.63, 3.8) is 0 Å². The van der Waals surface area contributed by atoms with Crippen LogP contribution in [0.4, 0.5) is 13.2 Å². The number of benzene rings is 2. The molecular formula is C31H40F3N3O5S. The van der Waals surface area contributed by atoms with Crippen LogP contribution in [-0.4, -0.2) is 82.1 Å². The summed E-state index contributed by atoms with van der Waals surface area (Å²) in [7, 11) is -2.01. The van der Waals surface area contributed by atoms with Gasteiger partial charge in [-0.25, -0.2) is 26.3 Å². The lowest BCUT2D eigenvalue weighted by molar-refractivity contribution is 0.0708. The quantitative estimate of drug-likeness (QED) is 0.332. The number of ether oxygens (including phenoxy) is 2. The van der Waals surface area contributed by atoms with Gasteiger partial charge in [0.25, 0.3) is 5.91 Å². The van der Waals surface area contributed by atoms with Gasteiger partial charge in [0.1, 0.15) is 11.6 Å². The smallest absolute Gasteiger partial charge is 0.254 e. The Morgan fingerprint density at radius 2 is 1.88 bits per heavy atom. The second kappa shape index (κ2) is 14.1. The normalized spacial score (nSPS) is 19.0. The highest BCUT2D eigenvalue weighted by Gasteiger charge is 2.41. The zero-order valence-corrected chi connectivity index (χ0v) is 25.7. The molecule has 2 aliphatic rings. The highest BCUT2D eigenvalue weighted by molar-refractivity contribution is 7.88. The number of nitrogens with one attached hydrogen (secondary N) is 1. The number of alkyl halides is 1. The SMILES string of the molecule is COc1cc(C(=O)N(C/C(C)=C/c2ccc(F)cc2F)CC2CCCN2CC2(NS(C)(=O)=O)CCCC2)ccc1OCF. The molecule has 4 rings (SSSR count). The molecule has 0 spiro atoms. The lowest BCUT2D eigenvalue weighted by Gasteiger charge is -2.38. The van der Waals surface area contributed by atoms with Crippen LogP contribution in [0.3, 0.4) is 0 Å². The van der Waals surface area contributed by atoms with Crippen molar-refractivity contribution in [3.8, 4) is 11.5 Å². The minimum absolute atomic E-state index is 0.0332. The summed E-state index contributed by atoms with van der Waals surface area (Å²) in [6.45, 7) is 2.56. The van der Waals surface area contributed by atoms with Crippen LogP contribution in [0.1, 0.15) is 61.4 Å². The molecular weight excluding hydrogens is 583 g/mol. The van der Waals surface area contributed by atoms with Crippen molar-refractivity contribution in [1.29, 1.82) is 0 Å². The van der Waals surface area contributed by atoms with Crippen molar-refractivity contribution in [1.82, 2.24) is 14.5 Å². The van der Waals surface area contributed by atoms with Crippen LogP contribution >= 0.6 is 0 Å². The van der Waals surface area contributed by atoms with Crippen molar-refractivity contribution < 1.29 is 35.9 Å². The van der Waals surface area contributed by atoms with Gasteiger partial charge in [-0.1, -0.05) is 24.5 Å². The Kier molecular flexibility index (Phi) is 10.8. The molecule has 0 radical (unpaired) electrons. The Labute approximate surface area is 251 Å². The molecule has 1 heterocycles. The summed E-state index contributed by atoms with van der Waals surface area (Å²) < 4.78 is 78.3. The van der Waals surface area contributed by atoms with Gasteiger partial charge in [0.05, 0.1) is 13.4 Å². The predicted molar refractivity (Wildman–Crippen MR) is 159 cm³/mol. The van der Waals surface area contributed by atoms with Crippen molar-refractivity contribution in [2.75, 3.05) is 46.4 Å². The van der Waals surface area contributed by atoms with E-state index in [2.05, 4.69) is 9.62 Å². The van der Waals surface area contributed by atoms with E-state index in [-0.39, 0.29) is 35.6 Å². The number of carbonyl (C=O) groups excluding carboxylic acids is 1. The van der Waals surface area contributed by atoms with E-state index in [0.29, 0.717) is 24.2 Å². The predicted octanol–water partition coefficient (Wildman–Crippen LogP) is 5.15. The van der Waals surface area contributed by atoms with Crippen molar-refractivity contribution in [3.05, 3.63) is 64.7 Å². The van der Waals surface area contributed by atoms with Gasteiger partial charge in [-0.05, 0) is 69.5 Å². The fraction of sp³-hybridized carbons (Fsp3) is 0.516. The van der Waals surface area contributed by atoms with Gasteiger partial charge < -0.3 is 14.4 Å². The number of hydrogen-bond acceptors (Lipinski definition) is 6. The van der Waals surface area contributed by atoms with Crippen LogP contribution < -0.4 is 14.2 Å². The van der Waals surface area contributed by atoms with Gasteiger partial charge in [0.2, 0.25) is 16.9 Å². The number of nitrogens with zero attached hydrogens (tertiary/aromatic N) is 2. The summed E-state index contributed by atoms with van der Waals surface area (Å²) in [5.41, 5.74) is 0.650. The van der Waals surface area contributed by atoms with Crippen molar-refractivity contribution in [2.24, 2.45) is 0 Å². The Hall–Kier alpha value is -3.09. The largest absolute Gasteiger partial charge is 0.493 e.